The highest BCUT2D eigenvalue weighted by atomic mass is 35.5. The number of nitrogens with one attached hydrogen (secondary N) is 1. The molecular formula is C30H26ClF2N7O3. The number of carbonyl (C=O) groups is 3. The van der Waals surface area contributed by atoms with Crippen molar-refractivity contribution in [3.8, 4) is 12.1 Å². The van der Waals surface area contributed by atoms with Gasteiger partial charge in [0.1, 0.15) is 23.8 Å². The van der Waals surface area contributed by atoms with Crippen LogP contribution in [0.25, 0.3) is 0 Å². The van der Waals surface area contributed by atoms with E-state index < -0.39 is 54.6 Å². The van der Waals surface area contributed by atoms with E-state index in [0.29, 0.717) is 0 Å². The van der Waals surface area contributed by atoms with Crippen molar-refractivity contribution in [1.82, 2.24) is 15.3 Å². The number of benzene rings is 2. The average molecular weight is 606 g/mol. The fraction of sp³-hybridized carbons (Fsp3) is 0.300. The largest absolute Gasteiger partial charge is 0.351 e. The molecule has 2 aliphatic rings. The predicted molar refractivity (Wildman–Crippen MR) is 153 cm³/mol. The second-order valence-corrected chi connectivity index (χ2v) is 10.3. The van der Waals surface area contributed by atoms with Crippen LogP contribution >= 0.6 is 11.6 Å². The van der Waals surface area contributed by atoms with Gasteiger partial charge in [-0.1, -0.05) is 43.3 Å². The molecule has 43 heavy (non-hydrogen) atoms. The number of carbonyl (C=O) groups excluding carboxylic acids is 3. The number of amides is 3. The second kappa shape index (κ2) is 12.5. The van der Waals surface area contributed by atoms with Gasteiger partial charge in [-0.3, -0.25) is 24.2 Å². The lowest BCUT2D eigenvalue weighted by Gasteiger charge is -2.39. The van der Waals surface area contributed by atoms with Crippen molar-refractivity contribution >= 4 is 41.0 Å². The standard InChI is InChI=1S/C29H22ClF2N7O3.CH4/c30-22-7-2-1-6-21(22)25(26(41)36-19-13-29(31,32)14-19)38(20-5-3-4-17(12-20)15-33)27(42)23-8-9-24(40)39(23)28-35-11-10-18(16-34)37-28;/h1-7,10-12,19,23,25H,8-9,13-14H2,(H,36,41);1H4/t23-,25-;/m0./s1. The number of anilines is 2. The van der Waals surface area contributed by atoms with E-state index >= 15 is 0 Å². The number of hydrogen-bond donors (Lipinski definition) is 1. The van der Waals surface area contributed by atoms with Crippen molar-refractivity contribution < 1.29 is 23.2 Å². The van der Waals surface area contributed by atoms with Crippen LogP contribution in [0, 0.1) is 22.7 Å². The first-order valence-corrected chi connectivity index (χ1v) is 13.3. The summed E-state index contributed by atoms with van der Waals surface area (Å²) in [6, 6.07) is 14.0. The SMILES string of the molecule is C.N#Cc1cccc(N(C(=O)[C@@H]2CCC(=O)N2c2nccc(C#N)n2)[C@H](C(=O)NC2CC(F)(F)C2)c2ccccc2Cl)c1. The second-order valence-electron chi connectivity index (χ2n) is 9.94. The highest BCUT2D eigenvalue weighted by Gasteiger charge is 2.48. The summed E-state index contributed by atoms with van der Waals surface area (Å²) >= 11 is 6.52. The van der Waals surface area contributed by atoms with Gasteiger partial charge in [0.2, 0.25) is 17.8 Å². The molecule has 0 radical (unpaired) electrons. The Kier molecular flexibility index (Phi) is 9.02. The van der Waals surface area contributed by atoms with Crippen LogP contribution in [0.2, 0.25) is 5.02 Å². The Morgan fingerprint density at radius 3 is 2.53 bits per heavy atom. The van der Waals surface area contributed by atoms with Gasteiger partial charge in [-0.15, -0.1) is 0 Å². The molecule has 1 N–H and O–H groups in total. The molecule has 10 nitrogen and oxygen atoms in total. The molecule has 1 aliphatic heterocycles. The highest BCUT2D eigenvalue weighted by molar-refractivity contribution is 6.31. The van der Waals surface area contributed by atoms with Crippen LogP contribution in [0.5, 0.6) is 0 Å². The number of nitrogens with zero attached hydrogens (tertiary/aromatic N) is 6. The fourth-order valence-corrected chi connectivity index (χ4v) is 5.36. The fourth-order valence-electron chi connectivity index (χ4n) is 5.12. The molecular weight excluding hydrogens is 580 g/mol. The monoisotopic (exact) mass is 605 g/mol. The number of rotatable bonds is 7. The molecule has 0 unspecified atom stereocenters. The number of alkyl halides is 2. The Bertz CT molecular complexity index is 1650. The molecule has 1 saturated heterocycles. The molecule has 5 rings (SSSR count). The van der Waals surface area contributed by atoms with E-state index in [2.05, 4.69) is 15.3 Å². The molecule has 13 heteroatoms. The summed E-state index contributed by atoms with van der Waals surface area (Å²) in [5.74, 6) is -5.02. The molecule has 0 spiro atoms. The minimum Gasteiger partial charge on any atom is -0.351 e. The van der Waals surface area contributed by atoms with E-state index in [9.17, 15) is 33.7 Å². The first-order valence-electron chi connectivity index (χ1n) is 12.9. The van der Waals surface area contributed by atoms with E-state index in [1.165, 1.54) is 48.7 Å². The van der Waals surface area contributed by atoms with Crippen LogP contribution < -0.4 is 15.1 Å². The Morgan fingerprint density at radius 1 is 1.12 bits per heavy atom. The van der Waals surface area contributed by atoms with Crippen LogP contribution in [0.3, 0.4) is 0 Å². The van der Waals surface area contributed by atoms with Crippen molar-refractivity contribution in [2.45, 2.75) is 57.2 Å². The van der Waals surface area contributed by atoms with E-state index in [4.69, 9.17) is 11.6 Å². The maximum atomic E-state index is 14.5. The van der Waals surface area contributed by atoms with Gasteiger partial charge in [-0.25, -0.2) is 18.7 Å². The Balaban J connectivity index is 0.00000423. The normalized spacial score (nSPS) is 17.9. The molecule has 3 aromatic rings. The lowest BCUT2D eigenvalue weighted by atomic mass is 9.87. The van der Waals surface area contributed by atoms with Crippen LogP contribution in [0.1, 0.15) is 56.0 Å². The zero-order valence-corrected chi connectivity index (χ0v) is 22.6. The van der Waals surface area contributed by atoms with E-state index in [-0.39, 0.29) is 53.7 Å². The summed E-state index contributed by atoms with van der Waals surface area (Å²) in [6.45, 7) is 0. The number of halogens is 3. The zero-order chi connectivity index (χ0) is 30.0. The lowest BCUT2D eigenvalue weighted by molar-refractivity contribution is -0.133. The van der Waals surface area contributed by atoms with Gasteiger partial charge in [-0.05, 0) is 36.8 Å². The predicted octanol–water partition coefficient (Wildman–Crippen LogP) is 4.69. The third-order valence-electron chi connectivity index (χ3n) is 7.10. The minimum absolute atomic E-state index is 0. The molecule has 2 atom stereocenters. The molecule has 2 aromatic carbocycles. The number of aromatic nitrogens is 2. The van der Waals surface area contributed by atoms with Crippen molar-refractivity contribution in [3.63, 3.8) is 0 Å². The van der Waals surface area contributed by atoms with Gasteiger partial charge in [0.25, 0.3) is 11.8 Å². The average Bonchev–Trinajstić information content (AvgIpc) is 3.36. The Hall–Kier alpha value is -4.94. The topological polar surface area (TPSA) is 143 Å². The summed E-state index contributed by atoms with van der Waals surface area (Å²) in [5.41, 5.74) is 0.517. The molecule has 2 heterocycles. The van der Waals surface area contributed by atoms with Gasteiger partial charge < -0.3 is 5.32 Å². The third kappa shape index (κ3) is 6.30. The highest BCUT2D eigenvalue weighted by Crippen LogP contribution is 2.39. The molecule has 220 valence electrons. The third-order valence-corrected chi connectivity index (χ3v) is 7.45. The lowest BCUT2D eigenvalue weighted by Crippen LogP contribution is -2.56. The molecule has 1 saturated carbocycles. The smallest absolute Gasteiger partial charge is 0.252 e. The first-order chi connectivity index (χ1) is 20.1. The Labute approximate surface area is 251 Å². The van der Waals surface area contributed by atoms with Gasteiger partial charge >= 0.3 is 0 Å². The summed E-state index contributed by atoms with van der Waals surface area (Å²) in [4.78, 5) is 51.8. The van der Waals surface area contributed by atoms with Gasteiger partial charge in [0.05, 0.1) is 11.6 Å². The molecule has 3 amide bonds. The van der Waals surface area contributed by atoms with Crippen molar-refractivity contribution in [2.75, 3.05) is 9.80 Å². The zero-order valence-electron chi connectivity index (χ0n) is 21.9. The van der Waals surface area contributed by atoms with Gasteiger partial charge in [0.15, 0.2) is 0 Å². The van der Waals surface area contributed by atoms with Crippen LogP contribution in [0.4, 0.5) is 20.4 Å². The van der Waals surface area contributed by atoms with Crippen molar-refractivity contribution in [2.24, 2.45) is 0 Å². The van der Waals surface area contributed by atoms with E-state index in [0.717, 1.165) is 9.80 Å². The van der Waals surface area contributed by atoms with Crippen LogP contribution in [0.15, 0.2) is 60.8 Å². The summed E-state index contributed by atoms with van der Waals surface area (Å²) in [7, 11) is 0. The van der Waals surface area contributed by atoms with Crippen molar-refractivity contribution in [1.29, 1.82) is 10.5 Å². The maximum absolute atomic E-state index is 14.5. The molecule has 1 aromatic heterocycles. The summed E-state index contributed by atoms with van der Waals surface area (Å²) in [5, 5.41) is 21.6. The molecule has 2 fully saturated rings. The quantitative estimate of drug-likeness (QED) is 0.411. The molecule has 0 bridgehead atoms. The van der Waals surface area contributed by atoms with E-state index in [1.807, 2.05) is 12.1 Å². The minimum atomic E-state index is -2.91. The van der Waals surface area contributed by atoms with Crippen LogP contribution in [-0.2, 0) is 14.4 Å². The Morgan fingerprint density at radius 2 is 1.86 bits per heavy atom. The number of hydrogen-bond acceptors (Lipinski definition) is 7. The van der Waals surface area contributed by atoms with Gasteiger partial charge in [-0.2, -0.15) is 10.5 Å². The maximum Gasteiger partial charge on any atom is 0.252 e. The molecule has 1 aliphatic carbocycles. The first kappa shape index (κ1) is 31.0. The van der Waals surface area contributed by atoms with Crippen LogP contribution in [-0.4, -0.2) is 45.7 Å². The van der Waals surface area contributed by atoms with Crippen molar-refractivity contribution in [3.05, 3.63) is 82.6 Å². The van der Waals surface area contributed by atoms with Gasteiger partial charge in [0, 0.05) is 47.8 Å². The van der Waals surface area contributed by atoms with E-state index in [1.54, 1.807) is 12.1 Å². The number of nitriles is 2. The summed E-state index contributed by atoms with van der Waals surface area (Å²) in [6.07, 6.45) is 0.184. The summed E-state index contributed by atoms with van der Waals surface area (Å²) < 4.78 is 27.2.